The Balaban J connectivity index is 1.61. The third-order valence-electron chi connectivity index (χ3n) is 5.30. The van der Waals surface area contributed by atoms with E-state index in [0.717, 1.165) is 10.4 Å². The highest BCUT2D eigenvalue weighted by atomic mass is 32.2. The monoisotopic (exact) mass is 488 g/mol. The Bertz CT molecular complexity index is 1460. The predicted octanol–water partition coefficient (Wildman–Crippen LogP) is 3.05. The first kappa shape index (κ1) is 22.3. The van der Waals surface area contributed by atoms with Crippen molar-refractivity contribution < 1.29 is 13.2 Å². The molecule has 1 atom stereocenters. The highest BCUT2D eigenvalue weighted by Crippen LogP contribution is 2.33. The molecule has 0 fully saturated rings. The molecule has 1 amide bonds. The lowest BCUT2D eigenvalue weighted by Crippen LogP contribution is -2.35. The van der Waals surface area contributed by atoms with Crippen LogP contribution in [0.15, 0.2) is 63.2 Å². The van der Waals surface area contributed by atoms with Crippen LogP contribution in [-0.4, -0.2) is 35.8 Å². The molecule has 4 rings (SSSR count). The molecule has 0 spiro atoms. The first-order chi connectivity index (χ1) is 15.2. The largest absolute Gasteiger partial charge is 0.337 e. The fourth-order valence-corrected chi connectivity index (χ4v) is 5.63. The number of carbonyl (C=O) groups excluding carboxylic acids is 1. The molecule has 3 heterocycles. The van der Waals surface area contributed by atoms with Gasteiger partial charge in [0.1, 0.15) is 11.4 Å². The lowest BCUT2D eigenvalue weighted by atomic mass is 10.1. The van der Waals surface area contributed by atoms with Crippen molar-refractivity contribution in [2.24, 2.45) is 5.14 Å². The van der Waals surface area contributed by atoms with Gasteiger partial charge in [0.2, 0.25) is 15.9 Å². The van der Waals surface area contributed by atoms with E-state index in [1.807, 2.05) is 22.9 Å². The van der Waals surface area contributed by atoms with E-state index < -0.39 is 16.1 Å². The minimum atomic E-state index is -3.85. The van der Waals surface area contributed by atoms with Crippen LogP contribution in [0, 0.1) is 0 Å². The zero-order valence-corrected chi connectivity index (χ0v) is 19.7. The van der Waals surface area contributed by atoms with Crippen molar-refractivity contribution in [1.29, 1.82) is 0 Å². The van der Waals surface area contributed by atoms with Gasteiger partial charge in [0.25, 0.3) is 5.56 Å². The zero-order valence-electron chi connectivity index (χ0n) is 17.3. The van der Waals surface area contributed by atoms with Gasteiger partial charge in [0.15, 0.2) is 0 Å². The van der Waals surface area contributed by atoms with Crippen LogP contribution in [0.5, 0.6) is 0 Å². The number of rotatable bonds is 6. The molecule has 8 nitrogen and oxygen atoms in total. The number of carbonyl (C=O) groups is 1. The van der Waals surface area contributed by atoms with Crippen molar-refractivity contribution in [2.75, 3.05) is 7.05 Å². The number of fused-ring (bicyclic) bond motifs is 1. The van der Waals surface area contributed by atoms with Crippen molar-refractivity contribution in [3.8, 4) is 10.4 Å². The van der Waals surface area contributed by atoms with Crippen molar-refractivity contribution in [1.82, 2.24) is 14.5 Å². The average Bonchev–Trinajstić information content (AvgIpc) is 3.44. The van der Waals surface area contributed by atoms with E-state index in [0.29, 0.717) is 15.8 Å². The Kier molecular flexibility index (Phi) is 5.99. The third kappa shape index (κ3) is 4.24. The van der Waals surface area contributed by atoms with E-state index in [4.69, 9.17) is 5.14 Å². The number of hydrogen-bond acceptors (Lipinski definition) is 7. The van der Waals surface area contributed by atoms with Gasteiger partial charge in [0.05, 0.1) is 22.7 Å². The van der Waals surface area contributed by atoms with Crippen LogP contribution in [0.4, 0.5) is 0 Å². The van der Waals surface area contributed by atoms with Crippen LogP contribution in [0.2, 0.25) is 0 Å². The Morgan fingerprint density at radius 3 is 2.72 bits per heavy atom. The number of thiophene rings is 2. The summed E-state index contributed by atoms with van der Waals surface area (Å²) in [5.74, 6) is -0.310. The Morgan fingerprint density at radius 1 is 1.25 bits per heavy atom. The third-order valence-corrected chi connectivity index (χ3v) is 8.00. The molecule has 0 saturated carbocycles. The summed E-state index contributed by atoms with van der Waals surface area (Å²) >= 11 is 2.93. The van der Waals surface area contributed by atoms with Gasteiger partial charge in [-0.1, -0.05) is 18.2 Å². The van der Waals surface area contributed by atoms with E-state index >= 15 is 0 Å². The molecule has 1 unspecified atom stereocenters. The summed E-state index contributed by atoms with van der Waals surface area (Å²) in [6.45, 7) is 1.59. The topological polar surface area (TPSA) is 115 Å². The number of nitrogens with two attached hydrogens (primary N) is 1. The summed E-state index contributed by atoms with van der Waals surface area (Å²) < 4.78 is 24.6. The van der Waals surface area contributed by atoms with Gasteiger partial charge in [-0.2, -0.15) is 0 Å². The summed E-state index contributed by atoms with van der Waals surface area (Å²) in [5.41, 5.74) is 1.16. The molecule has 0 aliphatic rings. The van der Waals surface area contributed by atoms with Crippen molar-refractivity contribution in [3.63, 3.8) is 0 Å². The fourth-order valence-electron chi connectivity index (χ4n) is 3.34. The maximum atomic E-state index is 13.1. The standard InChI is InChI=1S/C21H20N4O4S3/c1-13(14-5-3-6-15(9-14)32(22,28)29)24(2)18(26)10-25-12-23-20-19(21(25)27)16(11-31-20)17-7-4-8-30-17/h3-9,11-13H,10H2,1-2H3,(H2,22,28,29). The van der Waals surface area contributed by atoms with Gasteiger partial charge >= 0.3 is 0 Å². The molecule has 0 bridgehead atoms. The quantitative estimate of drug-likeness (QED) is 0.448. The van der Waals surface area contributed by atoms with Gasteiger partial charge in [-0.15, -0.1) is 22.7 Å². The van der Waals surface area contributed by atoms with E-state index in [9.17, 15) is 18.0 Å². The van der Waals surface area contributed by atoms with Crippen LogP contribution >= 0.6 is 22.7 Å². The smallest absolute Gasteiger partial charge is 0.263 e. The minimum absolute atomic E-state index is 0.0212. The van der Waals surface area contributed by atoms with Crippen molar-refractivity contribution in [3.05, 3.63) is 69.4 Å². The molecule has 0 aliphatic carbocycles. The number of likely N-dealkylation sites (N-methyl/N-ethyl adjacent to an activating group) is 1. The molecule has 166 valence electrons. The maximum absolute atomic E-state index is 13.1. The molecule has 32 heavy (non-hydrogen) atoms. The fraction of sp³-hybridized carbons (Fsp3) is 0.190. The van der Waals surface area contributed by atoms with Gasteiger partial charge in [-0.3, -0.25) is 14.2 Å². The molecule has 4 aromatic rings. The molecule has 2 N–H and O–H groups in total. The Morgan fingerprint density at radius 2 is 2.03 bits per heavy atom. The lowest BCUT2D eigenvalue weighted by molar-refractivity contribution is -0.132. The molecule has 3 aromatic heterocycles. The summed E-state index contributed by atoms with van der Waals surface area (Å²) in [6, 6.07) is 9.58. The van der Waals surface area contributed by atoms with E-state index in [-0.39, 0.29) is 22.9 Å². The maximum Gasteiger partial charge on any atom is 0.263 e. The number of aromatic nitrogens is 2. The van der Waals surface area contributed by atoms with E-state index in [2.05, 4.69) is 4.98 Å². The Labute approximate surface area is 192 Å². The number of hydrogen-bond donors (Lipinski definition) is 1. The predicted molar refractivity (Wildman–Crippen MR) is 126 cm³/mol. The second kappa shape index (κ2) is 8.58. The van der Waals surface area contributed by atoms with Gasteiger partial charge < -0.3 is 4.90 Å². The minimum Gasteiger partial charge on any atom is -0.337 e. The second-order valence-corrected chi connectivity index (χ2v) is 10.6. The molecular formula is C21H20N4O4S3. The van der Waals surface area contributed by atoms with Crippen LogP contribution in [0.3, 0.4) is 0 Å². The summed E-state index contributed by atoms with van der Waals surface area (Å²) in [6.07, 6.45) is 1.39. The normalized spacial score (nSPS) is 12.7. The summed E-state index contributed by atoms with van der Waals surface area (Å²) in [5, 5.41) is 9.57. The average molecular weight is 489 g/mol. The van der Waals surface area contributed by atoms with Gasteiger partial charge in [-0.05, 0) is 36.1 Å². The molecule has 0 saturated heterocycles. The van der Waals surface area contributed by atoms with Crippen LogP contribution in [0.25, 0.3) is 20.7 Å². The van der Waals surface area contributed by atoms with Gasteiger partial charge in [-0.25, -0.2) is 18.5 Å². The van der Waals surface area contributed by atoms with Crippen LogP contribution in [-0.2, 0) is 21.4 Å². The number of sulfonamides is 1. The molecule has 11 heteroatoms. The first-order valence-corrected chi connectivity index (χ1v) is 12.9. The van der Waals surface area contributed by atoms with Crippen LogP contribution < -0.4 is 10.7 Å². The number of primary sulfonamides is 1. The SMILES string of the molecule is CC(c1cccc(S(N)(=O)=O)c1)N(C)C(=O)Cn1cnc2scc(-c3cccs3)c2c1=O. The van der Waals surface area contributed by atoms with Crippen LogP contribution in [0.1, 0.15) is 18.5 Å². The summed E-state index contributed by atoms with van der Waals surface area (Å²) in [7, 11) is -2.25. The van der Waals surface area contributed by atoms with Crippen molar-refractivity contribution in [2.45, 2.75) is 24.4 Å². The van der Waals surface area contributed by atoms with E-state index in [1.165, 1.54) is 50.6 Å². The lowest BCUT2D eigenvalue weighted by Gasteiger charge is -2.26. The number of nitrogens with zero attached hydrogens (tertiary/aromatic N) is 3. The molecular weight excluding hydrogens is 468 g/mol. The zero-order chi connectivity index (χ0) is 23.0. The number of amides is 1. The molecule has 1 aromatic carbocycles. The first-order valence-electron chi connectivity index (χ1n) is 9.55. The Hall–Kier alpha value is -2.86. The summed E-state index contributed by atoms with van der Waals surface area (Å²) in [4.78, 5) is 33.5. The second-order valence-electron chi connectivity index (χ2n) is 7.28. The van der Waals surface area contributed by atoms with Crippen molar-refractivity contribution >= 4 is 48.8 Å². The highest BCUT2D eigenvalue weighted by molar-refractivity contribution is 7.89. The van der Waals surface area contributed by atoms with Gasteiger partial charge in [0, 0.05) is 22.9 Å². The highest BCUT2D eigenvalue weighted by Gasteiger charge is 2.21. The number of benzene rings is 1. The van der Waals surface area contributed by atoms with E-state index in [1.54, 1.807) is 26.1 Å². The molecule has 0 aliphatic heterocycles. The molecule has 0 radical (unpaired) electrons.